The highest BCUT2D eigenvalue weighted by Crippen LogP contribution is 2.31. The molecule has 1 fully saturated rings. The first-order valence-corrected chi connectivity index (χ1v) is 11.3. The van der Waals surface area contributed by atoms with E-state index in [0.29, 0.717) is 34.4 Å². The van der Waals surface area contributed by atoms with Crippen LogP contribution in [0.2, 0.25) is 0 Å². The van der Waals surface area contributed by atoms with Gasteiger partial charge in [0.05, 0.1) is 19.9 Å². The third kappa shape index (κ3) is 4.48. The number of amides is 1. The number of hydrogen-bond donors (Lipinski definition) is 1. The first kappa shape index (κ1) is 20.6. The van der Waals surface area contributed by atoms with E-state index in [1.54, 1.807) is 42.8 Å². The first-order chi connectivity index (χ1) is 13.5. The smallest absolute Gasteiger partial charge is 0.252 e. The molecule has 152 valence electrons. The van der Waals surface area contributed by atoms with Crippen molar-refractivity contribution in [2.75, 3.05) is 26.1 Å². The van der Waals surface area contributed by atoms with Crippen molar-refractivity contribution >= 4 is 33.0 Å². The van der Waals surface area contributed by atoms with Crippen LogP contribution in [0.3, 0.4) is 0 Å². The molecule has 0 saturated carbocycles. The lowest BCUT2D eigenvalue weighted by molar-refractivity contribution is -0.117. The number of thiophene rings is 1. The molecule has 1 aromatic carbocycles. The van der Waals surface area contributed by atoms with Gasteiger partial charge in [0.1, 0.15) is 15.7 Å². The third-order valence-corrected chi connectivity index (χ3v) is 8.06. The summed E-state index contributed by atoms with van der Waals surface area (Å²) < 4.78 is 38.2. The Kier molecular flexibility index (Phi) is 6.58. The summed E-state index contributed by atoms with van der Waals surface area (Å²) in [6.45, 7) is 0.431. The number of rotatable bonds is 7. The van der Waals surface area contributed by atoms with Crippen LogP contribution in [0.4, 0.5) is 5.69 Å². The molecule has 2 aromatic rings. The van der Waals surface area contributed by atoms with E-state index >= 15 is 0 Å². The molecule has 28 heavy (non-hydrogen) atoms. The molecule has 1 aliphatic rings. The number of nitrogens with zero attached hydrogens (tertiary/aromatic N) is 1. The second kappa shape index (κ2) is 8.93. The Balaban J connectivity index is 1.75. The molecular formula is C19H24N2O5S2. The van der Waals surface area contributed by atoms with E-state index in [4.69, 9.17) is 9.47 Å². The monoisotopic (exact) mass is 424 g/mol. The number of piperidine rings is 1. The molecule has 1 saturated heterocycles. The van der Waals surface area contributed by atoms with Crippen molar-refractivity contribution in [3.63, 3.8) is 0 Å². The maximum absolute atomic E-state index is 13.0. The van der Waals surface area contributed by atoms with Crippen LogP contribution in [-0.2, 0) is 14.8 Å². The number of nitrogens with one attached hydrogen (secondary N) is 1. The van der Waals surface area contributed by atoms with E-state index in [9.17, 15) is 13.2 Å². The van der Waals surface area contributed by atoms with Gasteiger partial charge in [-0.25, -0.2) is 8.42 Å². The number of ether oxygens (including phenoxy) is 2. The molecular weight excluding hydrogens is 400 g/mol. The molecule has 0 radical (unpaired) electrons. The van der Waals surface area contributed by atoms with E-state index in [2.05, 4.69) is 5.32 Å². The van der Waals surface area contributed by atoms with Gasteiger partial charge in [0, 0.05) is 25.1 Å². The summed E-state index contributed by atoms with van der Waals surface area (Å²) in [6.07, 6.45) is 2.45. The van der Waals surface area contributed by atoms with Crippen molar-refractivity contribution in [2.45, 2.75) is 35.9 Å². The topological polar surface area (TPSA) is 84.9 Å². The number of sulfonamides is 1. The standard InChI is InChI=1S/C19H24N2O5S2/c1-25-15-8-9-17(26-2)16(13-15)20-18(22)12-14-6-3-4-10-21(14)28(23,24)19-7-5-11-27-19/h5,7-9,11,13-14H,3-4,6,10,12H2,1-2H3,(H,20,22)/t14-/m0/s1. The van der Waals surface area contributed by atoms with Gasteiger partial charge in [0.2, 0.25) is 5.91 Å². The summed E-state index contributed by atoms with van der Waals surface area (Å²) in [5.41, 5.74) is 0.496. The Morgan fingerprint density at radius 3 is 2.75 bits per heavy atom. The Morgan fingerprint density at radius 2 is 2.07 bits per heavy atom. The third-order valence-electron chi connectivity index (χ3n) is 4.73. The van der Waals surface area contributed by atoms with Crippen LogP contribution >= 0.6 is 11.3 Å². The zero-order chi connectivity index (χ0) is 20.1. The molecule has 0 unspecified atom stereocenters. The van der Waals surface area contributed by atoms with Crippen LogP contribution in [0, 0.1) is 0 Å². The second-order valence-corrected chi connectivity index (χ2v) is 9.58. The van der Waals surface area contributed by atoms with Crippen molar-refractivity contribution in [3.8, 4) is 11.5 Å². The van der Waals surface area contributed by atoms with Gasteiger partial charge in [-0.2, -0.15) is 4.31 Å². The fourth-order valence-corrected chi connectivity index (χ4v) is 6.16. The van der Waals surface area contributed by atoms with E-state index in [1.165, 1.54) is 22.8 Å². The molecule has 3 rings (SSSR count). The number of hydrogen-bond acceptors (Lipinski definition) is 6. The first-order valence-electron chi connectivity index (χ1n) is 9.03. The fraction of sp³-hybridized carbons (Fsp3) is 0.421. The summed E-state index contributed by atoms with van der Waals surface area (Å²) in [5.74, 6) is 0.848. The van der Waals surface area contributed by atoms with Gasteiger partial charge in [-0.05, 0) is 36.4 Å². The summed E-state index contributed by atoms with van der Waals surface area (Å²) in [6, 6.07) is 8.09. The number of carbonyl (C=O) groups is 1. The number of benzene rings is 1. The van der Waals surface area contributed by atoms with Gasteiger partial charge in [-0.15, -0.1) is 11.3 Å². The molecule has 1 N–H and O–H groups in total. The molecule has 1 aromatic heterocycles. The van der Waals surface area contributed by atoms with Crippen molar-refractivity contribution < 1.29 is 22.7 Å². The quantitative estimate of drug-likeness (QED) is 0.737. The molecule has 7 nitrogen and oxygen atoms in total. The molecule has 0 spiro atoms. The van der Waals surface area contributed by atoms with Crippen molar-refractivity contribution in [1.29, 1.82) is 0 Å². The molecule has 1 aliphatic heterocycles. The average Bonchev–Trinajstić information content (AvgIpc) is 3.24. The maximum Gasteiger partial charge on any atom is 0.252 e. The van der Waals surface area contributed by atoms with Crippen LogP contribution in [0.25, 0.3) is 0 Å². The van der Waals surface area contributed by atoms with E-state index in [-0.39, 0.29) is 18.4 Å². The highest BCUT2D eigenvalue weighted by atomic mass is 32.2. The molecule has 1 atom stereocenters. The molecule has 0 bridgehead atoms. The van der Waals surface area contributed by atoms with Crippen LogP contribution in [-0.4, -0.2) is 45.4 Å². The normalized spacial score (nSPS) is 17.9. The molecule has 0 aliphatic carbocycles. The van der Waals surface area contributed by atoms with Crippen LogP contribution in [0.1, 0.15) is 25.7 Å². The van der Waals surface area contributed by atoms with E-state index in [1.807, 2.05) is 0 Å². The van der Waals surface area contributed by atoms with E-state index < -0.39 is 10.0 Å². The lowest BCUT2D eigenvalue weighted by Crippen LogP contribution is -2.45. The number of methoxy groups -OCH3 is 2. The summed E-state index contributed by atoms with van der Waals surface area (Å²) in [5, 5.41) is 4.57. The Morgan fingerprint density at radius 1 is 1.25 bits per heavy atom. The van der Waals surface area contributed by atoms with Crippen molar-refractivity contribution in [3.05, 3.63) is 35.7 Å². The summed E-state index contributed by atoms with van der Waals surface area (Å²) in [7, 11) is -0.517. The Bertz CT molecular complexity index is 912. The minimum atomic E-state index is -3.58. The van der Waals surface area contributed by atoms with Gasteiger partial charge in [-0.1, -0.05) is 12.5 Å². The lowest BCUT2D eigenvalue weighted by Gasteiger charge is -2.34. The minimum absolute atomic E-state index is 0.0883. The maximum atomic E-state index is 13.0. The average molecular weight is 425 g/mol. The number of anilines is 1. The van der Waals surface area contributed by atoms with Gasteiger partial charge >= 0.3 is 0 Å². The molecule has 9 heteroatoms. The molecule has 1 amide bonds. The van der Waals surface area contributed by atoms with Gasteiger partial charge in [0.25, 0.3) is 10.0 Å². The largest absolute Gasteiger partial charge is 0.497 e. The zero-order valence-electron chi connectivity index (χ0n) is 15.9. The fourth-order valence-electron chi connectivity index (χ4n) is 3.35. The van der Waals surface area contributed by atoms with Crippen LogP contribution in [0.5, 0.6) is 11.5 Å². The SMILES string of the molecule is COc1ccc(OC)c(NC(=O)C[C@@H]2CCCCN2S(=O)(=O)c2cccs2)c1. The highest BCUT2D eigenvalue weighted by Gasteiger charge is 2.35. The van der Waals surface area contributed by atoms with E-state index in [0.717, 1.165) is 12.8 Å². The highest BCUT2D eigenvalue weighted by molar-refractivity contribution is 7.91. The van der Waals surface area contributed by atoms with Gasteiger partial charge < -0.3 is 14.8 Å². The van der Waals surface area contributed by atoms with Gasteiger partial charge in [0.15, 0.2) is 0 Å². The predicted octanol–water partition coefficient (Wildman–Crippen LogP) is 3.34. The predicted molar refractivity (Wildman–Crippen MR) is 109 cm³/mol. The van der Waals surface area contributed by atoms with Crippen LogP contribution in [0.15, 0.2) is 39.9 Å². The van der Waals surface area contributed by atoms with Crippen LogP contribution < -0.4 is 14.8 Å². The van der Waals surface area contributed by atoms with Gasteiger partial charge in [-0.3, -0.25) is 4.79 Å². The zero-order valence-corrected chi connectivity index (χ0v) is 17.5. The van der Waals surface area contributed by atoms with Crippen molar-refractivity contribution in [1.82, 2.24) is 4.31 Å². The molecule has 2 heterocycles. The summed E-state index contributed by atoms with van der Waals surface area (Å²) in [4.78, 5) is 12.7. The second-order valence-electron chi connectivity index (χ2n) is 6.52. The minimum Gasteiger partial charge on any atom is -0.497 e. The lowest BCUT2D eigenvalue weighted by atomic mass is 10.0. The summed E-state index contributed by atoms with van der Waals surface area (Å²) >= 11 is 1.20. The number of carbonyl (C=O) groups excluding carboxylic acids is 1. The van der Waals surface area contributed by atoms with Crippen molar-refractivity contribution in [2.24, 2.45) is 0 Å². The Hall–Kier alpha value is -2.10. The Labute approximate surface area is 169 Å².